The third kappa shape index (κ3) is 30.2. The average molecular weight is 1260 g/mol. The van der Waals surface area contributed by atoms with E-state index >= 15 is 0 Å². The maximum Gasteiger partial charge on any atom is 0.266 e. The van der Waals surface area contributed by atoms with Crippen LogP contribution in [0.4, 0.5) is 17.6 Å². The van der Waals surface area contributed by atoms with Crippen molar-refractivity contribution in [2.45, 2.75) is 342 Å². The van der Waals surface area contributed by atoms with Crippen molar-refractivity contribution in [1.29, 1.82) is 0 Å². The van der Waals surface area contributed by atoms with E-state index in [4.69, 9.17) is 0 Å². The van der Waals surface area contributed by atoms with Crippen LogP contribution >= 0.6 is 0 Å². The Morgan fingerprint density at radius 2 is 0.348 bits per heavy atom. The molecule has 89 heavy (non-hydrogen) atoms. The van der Waals surface area contributed by atoms with Gasteiger partial charge in [0.15, 0.2) is 0 Å². The van der Waals surface area contributed by atoms with E-state index in [1.165, 1.54) is 250 Å². The molecule has 10 saturated carbocycles. The Morgan fingerprint density at radius 3 is 0.472 bits per heavy atom. The highest BCUT2D eigenvalue weighted by Crippen LogP contribution is 2.45. The molecule has 0 heterocycles. The molecule has 0 N–H and O–H groups in total. The Bertz CT molecular complexity index is 1860. The number of hydrogen-bond donors (Lipinski definition) is 0. The van der Waals surface area contributed by atoms with Crippen LogP contribution in [0.3, 0.4) is 0 Å². The van der Waals surface area contributed by atoms with Crippen molar-refractivity contribution >= 4 is 0 Å². The summed E-state index contributed by atoms with van der Waals surface area (Å²) in [7, 11) is 0. The van der Waals surface area contributed by atoms with Crippen LogP contribution in [-0.2, 0) is 0 Å². The second-order valence-corrected chi connectivity index (χ2v) is 32.9. The van der Waals surface area contributed by atoms with Crippen LogP contribution in [0, 0.1) is 118 Å². The number of hydrogen-bond acceptors (Lipinski definition) is 0. The normalized spacial score (nSPS) is 37.6. The molecule has 10 fully saturated rings. The van der Waals surface area contributed by atoms with Gasteiger partial charge in [-0.2, -0.15) is 17.6 Å². The maximum absolute atomic E-state index is 12.2. The van der Waals surface area contributed by atoms with E-state index in [1.54, 1.807) is 38.5 Å². The Morgan fingerprint density at radius 1 is 0.225 bits per heavy atom. The molecule has 0 bridgehead atoms. The minimum atomic E-state index is -1.49. The molecule has 0 aromatic carbocycles. The zero-order chi connectivity index (χ0) is 63.6. The van der Waals surface area contributed by atoms with Crippen LogP contribution in [0.25, 0.3) is 0 Å². The van der Waals surface area contributed by atoms with Gasteiger partial charge in [-0.3, -0.25) is 0 Å². The van der Waals surface area contributed by atoms with Gasteiger partial charge in [-0.05, 0) is 317 Å². The summed E-state index contributed by atoms with van der Waals surface area (Å²) in [5, 5.41) is 0. The lowest BCUT2D eigenvalue weighted by Crippen LogP contribution is -2.20. The minimum absolute atomic E-state index is 0. The molecular formula is C85H164F4. The Kier molecular flexibility index (Phi) is 37.7. The molecule has 532 valence electrons. The molecule has 0 saturated heterocycles. The summed E-state index contributed by atoms with van der Waals surface area (Å²) in [5.74, 6) is 17.5. The molecule has 0 unspecified atom stereocenters. The summed E-state index contributed by atoms with van der Waals surface area (Å²) in [5.41, 5.74) is 0. The number of halogens is 4. The largest absolute Gasteiger partial charge is 0.266 e. The highest BCUT2D eigenvalue weighted by atomic mass is 19.3. The predicted octanol–water partition coefficient (Wildman–Crippen LogP) is 31.4. The van der Waals surface area contributed by atoms with Gasteiger partial charge in [0.25, 0.3) is 12.2 Å². The summed E-state index contributed by atoms with van der Waals surface area (Å²) in [6, 6.07) is 0. The van der Waals surface area contributed by atoms with E-state index in [9.17, 15) is 17.6 Å². The average Bonchev–Trinajstić information content (AvgIpc) is 1.11. The van der Waals surface area contributed by atoms with Crippen molar-refractivity contribution in [3.05, 3.63) is 74.9 Å². The lowest BCUT2D eigenvalue weighted by atomic mass is 9.72. The minimum Gasteiger partial charge on any atom is -0.174 e. The molecular weight excluding hydrogens is 1100 g/mol. The zero-order valence-corrected chi connectivity index (χ0v) is 59.0. The standard InChI is InChI=1S/C17H28F2.C17H26F2.C17H32.C17H30.C17H28.10H2/c2*1-2-13-3-5-14(6-4-13)11-15-7-9-16(10-8-15)12-17(18)19;3*1-3-14-5-9-16(10-6-14)13-17-11-7-15(4-2)8-12-17;;;;;;;;;;/h12-16H,2-11H2,1H3;2,12-16H,1,3-11H2;14-17H,3-13H2,1-2H3;3,14-17H,1,4-13H2,2H3;3-4,14-17H,1-2,5-13H2;10*1H. The van der Waals surface area contributed by atoms with Crippen molar-refractivity contribution < 1.29 is 31.8 Å². The van der Waals surface area contributed by atoms with E-state index in [-0.39, 0.29) is 26.1 Å². The van der Waals surface area contributed by atoms with Gasteiger partial charge >= 0.3 is 0 Å². The highest BCUT2D eigenvalue weighted by molar-refractivity contribution is 4.94. The fourth-order valence-electron chi connectivity index (χ4n) is 20.0. The highest BCUT2D eigenvalue weighted by Gasteiger charge is 2.31. The first-order valence-corrected chi connectivity index (χ1v) is 39.8. The first kappa shape index (κ1) is 76.2. The molecule has 10 aliphatic carbocycles. The van der Waals surface area contributed by atoms with Gasteiger partial charge < -0.3 is 0 Å². The molecule has 4 heteroatoms. The van der Waals surface area contributed by atoms with Gasteiger partial charge in [-0.15, -0.1) is 26.3 Å². The Balaban J connectivity index is -0.000000363. The van der Waals surface area contributed by atoms with E-state index in [0.29, 0.717) is 0 Å². The third-order valence-corrected chi connectivity index (χ3v) is 26.9. The van der Waals surface area contributed by atoms with Crippen molar-refractivity contribution in [3.63, 3.8) is 0 Å². The lowest BCUT2D eigenvalue weighted by Gasteiger charge is -2.33. The monoisotopic (exact) mass is 1260 g/mol. The quantitative estimate of drug-likeness (QED) is 0.0842. The SMILES string of the molecule is C=CC1CCC(CC2CCC(C=C(F)F)CC2)CC1.C=CC1CCC(CC2CCC(C=C)CC2)CC1.C=CC1CCC(CC2CCC(CC)CC2)CC1.CCC1CCC(CC2CCC(C=C(F)F)CC2)CC1.CCC1CCC(CC2CCC(CC)CC2)CC1.[HH].[HH].[HH].[HH].[HH].[HH].[HH].[HH].[HH].[HH]. The van der Waals surface area contributed by atoms with Gasteiger partial charge in [-0.1, -0.05) is 180 Å². The van der Waals surface area contributed by atoms with Crippen molar-refractivity contribution in [3.8, 4) is 0 Å². The smallest absolute Gasteiger partial charge is 0.174 e. The van der Waals surface area contributed by atoms with Gasteiger partial charge in [0, 0.05) is 14.3 Å². The van der Waals surface area contributed by atoms with Crippen LogP contribution in [0.1, 0.15) is 357 Å². The second-order valence-electron chi connectivity index (χ2n) is 32.9. The van der Waals surface area contributed by atoms with Gasteiger partial charge in [0.05, 0.1) is 0 Å². The summed E-state index contributed by atoms with van der Waals surface area (Å²) in [4.78, 5) is 0. The topological polar surface area (TPSA) is 0 Å². The maximum atomic E-state index is 12.2. The third-order valence-electron chi connectivity index (χ3n) is 26.9. The van der Waals surface area contributed by atoms with E-state index in [0.717, 1.165) is 145 Å². The Labute approximate surface area is 565 Å². The molecule has 0 aromatic heterocycles. The van der Waals surface area contributed by atoms with Crippen LogP contribution < -0.4 is 0 Å². The van der Waals surface area contributed by atoms with Crippen LogP contribution in [0.2, 0.25) is 0 Å². The molecule has 0 nitrogen and oxygen atoms in total. The van der Waals surface area contributed by atoms with Crippen molar-refractivity contribution in [2.75, 3.05) is 0 Å². The Hall–Kier alpha value is -1.84. The van der Waals surface area contributed by atoms with E-state index < -0.39 is 12.2 Å². The van der Waals surface area contributed by atoms with Crippen molar-refractivity contribution in [1.82, 2.24) is 0 Å². The fraction of sp³-hybridized carbons (Fsp3) is 0.859. The van der Waals surface area contributed by atoms with Gasteiger partial charge in [-0.25, -0.2) is 0 Å². The van der Waals surface area contributed by atoms with Crippen LogP contribution in [-0.4, -0.2) is 0 Å². The molecule has 0 aromatic rings. The van der Waals surface area contributed by atoms with Gasteiger partial charge in [0.1, 0.15) is 0 Å². The fourth-order valence-corrected chi connectivity index (χ4v) is 20.0. The molecule has 10 aliphatic rings. The zero-order valence-electron chi connectivity index (χ0n) is 59.0. The number of rotatable bonds is 20. The summed E-state index contributed by atoms with van der Waals surface area (Å²) in [6.45, 7) is 25.1. The second kappa shape index (κ2) is 44.0. The molecule has 0 amide bonds. The predicted molar refractivity (Wildman–Crippen MR) is 401 cm³/mol. The molecule has 0 aliphatic heterocycles. The molecule has 0 radical (unpaired) electrons. The summed E-state index contributed by atoms with van der Waals surface area (Å²) < 4.78 is 48.9. The first-order chi connectivity index (χ1) is 43.3. The van der Waals surface area contributed by atoms with E-state index in [2.05, 4.69) is 78.3 Å². The molecule has 0 atom stereocenters. The van der Waals surface area contributed by atoms with Crippen LogP contribution in [0.5, 0.6) is 0 Å². The van der Waals surface area contributed by atoms with Crippen molar-refractivity contribution in [2.24, 2.45) is 118 Å². The lowest BCUT2D eigenvalue weighted by molar-refractivity contribution is 0.188. The molecule has 10 rings (SSSR count). The van der Waals surface area contributed by atoms with E-state index in [1.807, 2.05) is 0 Å². The van der Waals surface area contributed by atoms with Gasteiger partial charge in [0.2, 0.25) is 0 Å². The molecule has 0 spiro atoms. The summed E-state index contributed by atoms with van der Waals surface area (Å²) >= 11 is 0. The number of allylic oxidation sites excluding steroid dienone is 6. The first-order valence-electron chi connectivity index (χ1n) is 39.8. The van der Waals surface area contributed by atoms with Crippen LogP contribution in [0.15, 0.2) is 74.9 Å². The summed E-state index contributed by atoms with van der Waals surface area (Å²) in [6.07, 6.45) is 76.1.